The Morgan fingerprint density at radius 3 is 2.71 bits per heavy atom. The quantitative estimate of drug-likeness (QED) is 0.801. The lowest BCUT2D eigenvalue weighted by molar-refractivity contribution is 0.114. The first-order chi connectivity index (χ1) is 9.87. The van der Waals surface area contributed by atoms with Gasteiger partial charge in [0.05, 0.1) is 11.5 Å². The number of amides is 2. The van der Waals surface area contributed by atoms with E-state index < -0.39 is 9.84 Å². The molecule has 3 atom stereocenters. The van der Waals surface area contributed by atoms with Gasteiger partial charge in [-0.05, 0) is 39.7 Å². The third kappa shape index (κ3) is 4.85. The SMILES string of the molecule is C[C@@H]1CCCCN1[C@H](C)CNC(=O)N[C@@H]1CCS(=O)(=O)C1. The van der Waals surface area contributed by atoms with Gasteiger partial charge in [-0.2, -0.15) is 0 Å². The Hall–Kier alpha value is -0.820. The third-order valence-electron chi connectivity index (χ3n) is 4.55. The van der Waals surface area contributed by atoms with E-state index in [-0.39, 0.29) is 23.6 Å². The monoisotopic (exact) mass is 317 g/mol. The van der Waals surface area contributed by atoms with Crippen molar-refractivity contribution in [3.63, 3.8) is 0 Å². The van der Waals surface area contributed by atoms with Gasteiger partial charge in [-0.15, -0.1) is 0 Å². The van der Waals surface area contributed by atoms with Crippen LogP contribution in [0.3, 0.4) is 0 Å². The maximum atomic E-state index is 11.8. The third-order valence-corrected chi connectivity index (χ3v) is 6.31. The minimum Gasteiger partial charge on any atom is -0.337 e. The molecule has 6 nitrogen and oxygen atoms in total. The van der Waals surface area contributed by atoms with Crippen LogP contribution in [0.15, 0.2) is 0 Å². The molecule has 0 bridgehead atoms. The van der Waals surface area contributed by atoms with Crippen molar-refractivity contribution in [3.05, 3.63) is 0 Å². The molecule has 0 aliphatic carbocycles. The van der Waals surface area contributed by atoms with Gasteiger partial charge in [0.25, 0.3) is 0 Å². The number of hydrogen-bond donors (Lipinski definition) is 2. The average molecular weight is 317 g/mol. The van der Waals surface area contributed by atoms with Crippen molar-refractivity contribution in [2.45, 2.75) is 57.7 Å². The van der Waals surface area contributed by atoms with Gasteiger partial charge in [-0.1, -0.05) is 6.42 Å². The zero-order valence-electron chi connectivity index (χ0n) is 13.0. The van der Waals surface area contributed by atoms with Gasteiger partial charge < -0.3 is 10.6 Å². The first kappa shape index (κ1) is 16.5. The molecule has 0 radical (unpaired) electrons. The van der Waals surface area contributed by atoms with E-state index in [1.807, 2.05) is 0 Å². The molecule has 0 saturated carbocycles. The molecule has 122 valence electrons. The Morgan fingerprint density at radius 1 is 1.33 bits per heavy atom. The van der Waals surface area contributed by atoms with E-state index in [9.17, 15) is 13.2 Å². The Kier molecular flexibility index (Phi) is 5.48. The van der Waals surface area contributed by atoms with Gasteiger partial charge in [-0.3, -0.25) is 4.90 Å². The van der Waals surface area contributed by atoms with Crippen LogP contribution in [0.1, 0.15) is 39.5 Å². The first-order valence-electron chi connectivity index (χ1n) is 7.88. The fraction of sp³-hybridized carbons (Fsp3) is 0.929. The number of nitrogens with zero attached hydrogens (tertiary/aromatic N) is 1. The van der Waals surface area contributed by atoms with Crippen LogP contribution in [-0.2, 0) is 9.84 Å². The van der Waals surface area contributed by atoms with Crippen molar-refractivity contribution < 1.29 is 13.2 Å². The van der Waals surface area contributed by atoms with Gasteiger partial charge in [0.15, 0.2) is 9.84 Å². The predicted molar refractivity (Wildman–Crippen MR) is 83.1 cm³/mol. The van der Waals surface area contributed by atoms with Gasteiger partial charge >= 0.3 is 6.03 Å². The molecular weight excluding hydrogens is 290 g/mol. The standard InChI is InChI=1S/C14H27N3O3S/c1-11-5-3-4-7-17(11)12(2)9-15-14(18)16-13-6-8-21(19,20)10-13/h11-13H,3-10H2,1-2H3,(H2,15,16,18)/t11-,12-,13-/m1/s1. The van der Waals surface area contributed by atoms with E-state index in [2.05, 4.69) is 29.4 Å². The summed E-state index contributed by atoms with van der Waals surface area (Å²) in [6.45, 7) is 6.05. The molecule has 2 fully saturated rings. The Balaban J connectivity index is 1.71. The normalized spacial score (nSPS) is 30.8. The van der Waals surface area contributed by atoms with Crippen molar-refractivity contribution in [2.75, 3.05) is 24.6 Å². The van der Waals surface area contributed by atoms with Crippen LogP contribution < -0.4 is 10.6 Å². The second-order valence-corrected chi connectivity index (χ2v) is 8.61. The molecule has 0 unspecified atom stereocenters. The number of likely N-dealkylation sites (tertiary alicyclic amines) is 1. The maximum absolute atomic E-state index is 11.8. The second-order valence-electron chi connectivity index (χ2n) is 6.39. The van der Waals surface area contributed by atoms with Crippen molar-refractivity contribution in [1.82, 2.24) is 15.5 Å². The molecule has 21 heavy (non-hydrogen) atoms. The zero-order chi connectivity index (χ0) is 15.5. The first-order valence-corrected chi connectivity index (χ1v) is 9.70. The molecular formula is C14H27N3O3S. The van der Waals surface area contributed by atoms with Crippen molar-refractivity contribution >= 4 is 15.9 Å². The summed E-state index contributed by atoms with van der Waals surface area (Å²) in [5.41, 5.74) is 0. The largest absolute Gasteiger partial charge is 0.337 e. The Labute approximate surface area is 127 Å². The van der Waals surface area contributed by atoms with E-state index in [0.29, 0.717) is 25.0 Å². The number of hydrogen-bond acceptors (Lipinski definition) is 4. The van der Waals surface area contributed by atoms with Gasteiger partial charge in [0.1, 0.15) is 0 Å². The fourth-order valence-corrected chi connectivity index (χ4v) is 4.95. The summed E-state index contributed by atoms with van der Waals surface area (Å²) in [6, 6.07) is 0.379. The summed E-state index contributed by atoms with van der Waals surface area (Å²) >= 11 is 0. The van der Waals surface area contributed by atoms with E-state index in [4.69, 9.17) is 0 Å². The molecule has 2 rings (SSSR count). The van der Waals surface area contributed by atoms with Crippen LogP contribution in [0, 0.1) is 0 Å². The summed E-state index contributed by atoms with van der Waals surface area (Å²) in [5.74, 6) is 0.249. The molecule has 2 aliphatic rings. The van der Waals surface area contributed by atoms with E-state index >= 15 is 0 Å². The lowest BCUT2D eigenvalue weighted by atomic mass is 10.0. The number of carbonyl (C=O) groups excluding carboxylic acids is 1. The highest BCUT2D eigenvalue weighted by atomic mass is 32.2. The lowest BCUT2D eigenvalue weighted by Crippen LogP contribution is -2.51. The number of nitrogens with one attached hydrogen (secondary N) is 2. The number of sulfone groups is 1. The van der Waals surface area contributed by atoms with Crippen LogP contribution in [0.2, 0.25) is 0 Å². The second kappa shape index (κ2) is 6.96. The minimum atomic E-state index is -2.95. The maximum Gasteiger partial charge on any atom is 0.315 e. The van der Waals surface area contributed by atoms with Gasteiger partial charge in [0.2, 0.25) is 0 Å². The molecule has 2 heterocycles. The molecule has 0 aromatic rings. The number of carbonyl (C=O) groups is 1. The zero-order valence-corrected chi connectivity index (χ0v) is 13.8. The van der Waals surface area contributed by atoms with E-state index in [1.54, 1.807) is 0 Å². The number of rotatable bonds is 4. The van der Waals surface area contributed by atoms with E-state index in [0.717, 1.165) is 6.54 Å². The summed E-state index contributed by atoms with van der Waals surface area (Å²) in [4.78, 5) is 14.3. The molecule has 2 aliphatic heterocycles. The summed E-state index contributed by atoms with van der Waals surface area (Å²) in [6.07, 6.45) is 4.25. The van der Waals surface area contributed by atoms with Crippen molar-refractivity contribution in [1.29, 1.82) is 0 Å². The molecule has 0 aromatic heterocycles. The topological polar surface area (TPSA) is 78.5 Å². The van der Waals surface area contributed by atoms with Gasteiger partial charge in [0, 0.05) is 24.7 Å². The highest BCUT2D eigenvalue weighted by molar-refractivity contribution is 7.91. The smallest absolute Gasteiger partial charge is 0.315 e. The molecule has 2 saturated heterocycles. The minimum absolute atomic E-state index is 0.0686. The molecule has 2 N–H and O–H groups in total. The highest BCUT2D eigenvalue weighted by Gasteiger charge is 2.29. The Morgan fingerprint density at radius 2 is 2.10 bits per heavy atom. The van der Waals surface area contributed by atoms with Crippen LogP contribution in [-0.4, -0.2) is 62.1 Å². The van der Waals surface area contributed by atoms with Crippen LogP contribution in [0.4, 0.5) is 4.79 Å². The lowest BCUT2D eigenvalue weighted by Gasteiger charge is -2.38. The number of piperidine rings is 1. The molecule has 2 amide bonds. The summed E-state index contributed by atoms with van der Waals surface area (Å²) < 4.78 is 22.7. The van der Waals surface area contributed by atoms with Crippen LogP contribution >= 0.6 is 0 Å². The molecule has 7 heteroatoms. The van der Waals surface area contributed by atoms with Crippen LogP contribution in [0.5, 0.6) is 0 Å². The van der Waals surface area contributed by atoms with Crippen molar-refractivity contribution in [3.8, 4) is 0 Å². The van der Waals surface area contributed by atoms with E-state index in [1.165, 1.54) is 19.3 Å². The predicted octanol–water partition coefficient (Wildman–Crippen LogP) is 0.736. The summed E-state index contributed by atoms with van der Waals surface area (Å²) in [5, 5.41) is 5.62. The van der Waals surface area contributed by atoms with Gasteiger partial charge in [-0.25, -0.2) is 13.2 Å². The van der Waals surface area contributed by atoms with Crippen LogP contribution in [0.25, 0.3) is 0 Å². The average Bonchev–Trinajstić information content (AvgIpc) is 2.75. The fourth-order valence-electron chi connectivity index (χ4n) is 3.28. The Bertz CT molecular complexity index is 466. The number of urea groups is 1. The summed E-state index contributed by atoms with van der Waals surface area (Å²) in [7, 11) is -2.95. The van der Waals surface area contributed by atoms with Crippen molar-refractivity contribution in [2.24, 2.45) is 0 Å². The highest BCUT2D eigenvalue weighted by Crippen LogP contribution is 2.18. The molecule has 0 aromatic carbocycles. The molecule has 0 spiro atoms.